The van der Waals surface area contributed by atoms with Crippen LogP contribution in [0.2, 0.25) is 0 Å². The van der Waals surface area contributed by atoms with Crippen molar-refractivity contribution in [1.82, 2.24) is 0 Å². The summed E-state index contributed by atoms with van der Waals surface area (Å²) in [5.41, 5.74) is -0.376. The number of carbonyl (C=O) groups is 1. The smallest absolute Gasteiger partial charge is 0.358 e. The van der Waals surface area contributed by atoms with Gasteiger partial charge in [-0.1, -0.05) is 51.9 Å². The van der Waals surface area contributed by atoms with E-state index in [1.807, 2.05) is 0 Å². The second-order valence-electron chi connectivity index (χ2n) is 6.96. The van der Waals surface area contributed by atoms with Gasteiger partial charge >= 0.3 is 5.97 Å². The third-order valence-electron chi connectivity index (χ3n) is 4.24. The van der Waals surface area contributed by atoms with Crippen LogP contribution >= 0.6 is 0 Å². The van der Waals surface area contributed by atoms with Crippen molar-refractivity contribution in [3.63, 3.8) is 0 Å². The summed E-state index contributed by atoms with van der Waals surface area (Å²) in [5.74, 6) is 1.04. The van der Waals surface area contributed by atoms with Gasteiger partial charge in [0.1, 0.15) is 19.2 Å². The number of nitrogens with zero attached hydrogens (tertiary/aromatic N) is 2. The number of rotatable bonds is 14. The molecule has 0 bridgehead atoms. The van der Waals surface area contributed by atoms with E-state index in [1.54, 1.807) is 11.9 Å². The van der Waals surface area contributed by atoms with Gasteiger partial charge in [-0.05, 0) is 12.8 Å². The van der Waals surface area contributed by atoms with E-state index in [4.69, 9.17) is 15.4 Å². The highest BCUT2D eigenvalue weighted by atomic mass is 16.5. The predicted octanol–water partition coefficient (Wildman–Crippen LogP) is 3.84. The number of carbonyl (C=O) groups excluding carboxylic acids is 1. The van der Waals surface area contributed by atoms with Crippen molar-refractivity contribution >= 4 is 11.8 Å². The molecule has 5 heteroatoms. The molecule has 0 aromatic heterocycles. The summed E-state index contributed by atoms with van der Waals surface area (Å²) in [6.45, 7) is 4.27. The summed E-state index contributed by atoms with van der Waals surface area (Å²) >= 11 is 0. The Kier molecular flexibility index (Phi) is 12.8. The van der Waals surface area contributed by atoms with E-state index in [9.17, 15) is 4.79 Å². The van der Waals surface area contributed by atoms with Crippen LogP contribution in [0.15, 0.2) is 5.57 Å². The van der Waals surface area contributed by atoms with Crippen molar-refractivity contribution < 1.29 is 14.0 Å². The number of quaternary nitrogens is 1. The van der Waals surface area contributed by atoms with Gasteiger partial charge in [-0.15, -0.1) is 0 Å². The van der Waals surface area contributed by atoms with E-state index in [-0.39, 0.29) is 12.2 Å². The molecule has 24 heavy (non-hydrogen) atoms. The molecule has 0 fully saturated rings. The van der Waals surface area contributed by atoms with Crippen LogP contribution in [0.3, 0.4) is 0 Å². The van der Waals surface area contributed by atoms with Crippen LogP contribution in [0.25, 0.3) is 0 Å². The minimum Gasteiger partial charge on any atom is -0.455 e. The third-order valence-corrected chi connectivity index (χ3v) is 4.24. The van der Waals surface area contributed by atoms with Crippen molar-refractivity contribution in [1.29, 1.82) is 10.7 Å². The van der Waals surface area contributed by atoms with Crippen LogP contribution in [0, 0.1) is 16.7 Å². The summed E-state index contributed by atoms with van der Waals surface area (Å²) in [4.78, 5) is 11.4. The number of hydrogen-bond donors (Lipinski definition) is 1. The van der Waals surface area contributed by atoms with Crippen molar-refractivity contribution in [2.24, 2.45) is 0 Å². The molecule has 0 unspecified atom stereocenters. The van der Waals surface area contributed by atoms with Gasteiger partial charge in [0, 0.05) is 5.87 Å². The average molecular weight is 336 g/mol. The Morgan fingerprint density at radius 1 is 1.00 bits per heavy atom. The normalized spacial score (nSPS) is 10.8. The fraction of sp³-hybridized carbons (Fsp3) is 0.789. The molecule has 0 saturated heterocycles. The predicted molar refractivity (Wildman–Crippen MR) is 96.9 cm³/mol. The maximum atomic E-state index is 11.4. The Morgan fingerprint density at radius 2 is 1.54 bits per heavy atom. The van der Waals surface area contributed by atoms with Gasteiger partial charge in [0.25, 0.3) is 0 Å². The quantitative estimate of drug-likeness (QED) is 0.131. The second kappa shape index (κ2) is 13.8. The van der Waals surface area contributed by atoms with Crippen LogP contribution in [0.4, 0.5) is 0 Å². The van der Waals surface area contributed by atoms with Crippen LogP contribution in [-0.2, 0) is 9.53 Å². The molecule has 0 aliphatic carbocycles. The first-order valence-corrected chi connectivity index (χ1v) is 9.15. The van der Waals surface area contributed by atoms with Gasteiger partial charge in [0.05, 0.1) is 20.6 Å². The molecule has 0 rings (SSSR count). The molecule has 5 nitrogen and oxygen atoms in total. The SMILES string of the molecule is CCCCCCCCCCC[N+](C)(C)CCOC(=O)C(=C=N)C#N. The summed E-state index contributed by atoms with van der Waals surface area (Å²) < 4.78 is 5.81. The molecule has 0 heterocycles. The zero-order valence-electron chi connectivity index (χ0n) is 15.7. The van der Waals surface area contributed by atoms with E-state index >= 15 is 0 Å². The van der Waals surface area contributed by atoms with Gasteiger partial charge in [0.15, 0.2) is 5.57 Å². The third kappa shape index (κ3) is 11.9. The second-order valence-corrected chi connectivity index (χ2v) is 6.96. The lowest BCUT2D eigenvalue weighted by atomic mass is 10.1. The zero-order chi connectivity index (χ0) is 18.3. The van der Waals surface area contributed by atoms with Crippen molar-refractivity contribution in [2.45, 2.75) is 64.7 Å². The van der Waals surface area contributed by atoms with E-state index in [2.05, 4.69) is 21.0 Å². The van der Waals surface area contributed by atoms with Crippen LogP contribution in [-0.4, -0.2) is 50.1 Å². The molecular weight excluding hydrogens is 302 g/mol. The highest BCUT2D eigenvalue weighted by Crippen LogP contribution is 2.11. The highest BCUT2D eigenvalue weighted by Gasteiger charge is 2.17. The van der Waals surface area contributed by atoms with E-state index in [0.29, 0.717) is 6.54 Å². The summed E-state index contributed by atoms with van der Waals surface area (Å²) in [5, 5.41) is 15.5. The van der Waals surface area contributed by atoms with Crippen LogP contribution in [0.5, 0.6) is 0 Å². The lowest BCUT2D eigenvalue weighted by Crippen LogP contribution is -2.43. The average Bonchev–Trinajstić information content (AvgIpc) is 2.54. The maximum Gasteiger partial charge on any atom is 0.358 e. The Balaban J connectivity index is 3.70. The molecule has 0 radical (unpaired) electrons. The number of nitriles is 1. The Morgan fingerprint density at radius 3 is 2.04 bits per heavy atom. The molecule has 0 aliphatic heterocycles. The zero-order valence-corrected chi connectivity index (χ0v) is 15.7. The number of likely N-dealkylation sites (N-methyl/N-ethyl adjacent to an activating group) is 1. The largest absolute Gasteiger partial charge is 0.455 e. The monoisotopic (exact) mass is 336 g/mol. The van der Waals surface area contributed by atoms with Crippen LogP contribution in [0.1, 0.15) is 64.7 Å². The summed E-state index contributed by atoms with van der Waals surface area (Å²) in [6.07, 6.45) is 11.8. The maximum absolute atomic E-state index is 11.4. The lowest BCUT2D eigenvalue weighted by molar-refractivity contribution is -0.890. The number of unbranched alkanes of at least 4 members (excludes halogenated alkanes) is 8. The fourth-order valence-corrected chi connectivity index (χ4v) is 2.54. The van der Waals surface area contributed by atoms with Gasteiger partial charge in [0.2, 0.25) is 0 Å². The van der Waals surface area contributed by atoms with Gasteiger partial charge in [-0.3, -0.25) is 5.41 Å². The van der Waals surface area contributed by atoms with Crippen molar-refractivity contribution in [2.75, 3.05) is 33.8 Å². The molecule has 0 aromatic rings. The number of nitrogens with one attached hydrogen (secondary N) is 1. The molecule has 0 atom stereocenters. The standard InChI is InChI=1S/C19H34N3O2/c1-4-5-6-7-8-9-10-11-12-13-22(2,3)14-15-24-19(23)18(16-20)17-21/h20H,4-15H2,1-3H3/q+1. The molecule has 0 spiro atoms. The minimum atomic E-state index is -0.754. The highest BCUT2D eigenvalue weighted by molar-refractivity contribution is 6.01. The first kappa shape index (κ1) is 22.4. The Labute approximate surface area is 147 Å². The summed E-state index contributed by atoms with van der Waals surface area (Å²) in [7, 11) is 4.24. The molecule has 1 N–H and O–H groups in total. The van der Waals surface area contributed by atoms with E-state index in [1.165, 1.54) is 57.8 Å². The fourth-order valence-electron chi connectivity index (χ4n) is 2.54. The van der Waals surface area contributed by atoms with Crippen LogP contribution < -0.4 is 0 Å². The van der Waals surface area contributed by atoms with Crippen molar-refractivity contribution in [3.05, 3.63) is 5.57 Å². The Bertz CT molecular complexity index is 446. The molecular formula is C19H34N3O2+. The van der Waals surface area contributed by atoms with E-state index in [0.717, 1.165) is 11.0 Å². The van der Waals surface area contributed by atoms with Crippen molar-refractivity contribution in [3.8, 4) is 6.07 Å². The van der Waals surface area contributed by atoms with E-state index < -0.39 is 5.97 Å². The van der Waals surface area contributed by atoms with Gasteiger partial charge in [-0.25, -0.2) is 4.79 Å². The lowest BCUT2D eigenvalue weighted by Gasteiger charge is -2.29. The first-order valence-electron chi connectivity index (χ1n) is 9.15. The summed E-state index contributed by atoms with van der Waals surface area (Å²) in [6, 6.07) is 1.61. The number of esters is 1. The molecule has 0 saturated carbocycles. The van der Waals surface area contributed by atoms with Gasteiger partial charge in [-0.2, -0.15) is 5.26 Å². The molecule has 0 aliphatic rings. The minimum absolute atomic E-state index is 0.260. The first-order chi connectivity index (χ1) is 11.5. The number of hydrogen-bond acceptors (Lipinski definition) is 4. The molecule has 136 valence electrons. The molecule has 0 amide bonds. The number of ether oxygens (including phenoxy) is 1. The molecule has 0 aromatic carbocycles. The van der Waals surface area contributed by atoms with Gasteiger partial charge < -0.3 is 9.22 Å². The topological polar surface area (TPSA) is 73.9 Å². The Hall–Kier alpha value is -1.63.